The van der Waals surface area contributed by atoms with E-state index in [-0.39, 0.29) is 0 Å². The van der Waals surface area contributed by atoms with Crippen LogP contribution >= 0.6 is 0 Å². The molecule has 0 amide bonds. The molecule has 2 radical (unpaired) electrons. The monoisotopic (exact) mass is 122 g/mol. The van der Waals surface area contributed by atoms with E-state index in [4.69, 9.17) is 0 Å². The molecule has 2 heteroatoms. The second-order valence-corrected chi connectivity index (χ2v) is 2.57. The molecule has 1 aliphatic heterocycles. The first kappa shape index (κ1) is 5.45. The van der Waals surface area contributed by atoms with Gasteiger partial charge >= 0.3 is 0 Å². The average molecular weight is 122 g/mol. The molecule has 9 heavy (non-hydrogen) atoms. The van der Waals surface area contributed by atoms with Gasteiger partial charge in [-0.1, -0.05) is 12.2 Å². The van der Waals surface area contributed by atoms with E-state index in [0.29, 0.717) is 12.1 Å². The molecular weight excluding hydrogens is 112 g/mol. The highest BCUT2D eigenvalue weighted by molar-refractivity contribution is 5.05. The van der Waals surface area contributed by atoms with Crippen molar-refractivity contribution >= 4 is 0 Å². The SMILES string of the molecule is [C]1NC2CC=CCC2N1. The fraction of sp³-hybridized carbons (Fsp3) is 0.571. The fourth-order valence-electron chi connectivity index (χ4n) is 1.36. The molecule has 1 fully saturated rings. The Kier molecular flexibility index (Phi) is 1.28. The van der Waals surface area contributed by atoms with Crippen molar-refractivity contribution in [3.63, 3.8) is 0 Å². The summed E-state index contributed by atoms with van der Waals surface area (Å²) < 4.78 is 0. The summed E-state index contributed by atoms with van der Waals surface area (Å²) in [6.07, 6.45) is 6.74. The average Bonchev–Trinajstić information content (AvgIpc) is 2.33. The number of nitrogens with one attached hydrogen (secondary N) is 2. The van der Waals surface area contributed by atoms with E-state index in [1.807, 2.05) is 0 Å². The normalized spacial score (nSPS) is 40.9. The predicted octanol–water partition coefficient (Wildman–Crippen LogP) is 0.263. The summed E-state index contributed by atoms with van der Waals surface area (Å²) in [7, 11) is 0. The van der Waals surface area contributed by atoms with Crippen molar-refractivity contribution in [1.29, 1.82) is 0 Å². The van der Waals surface area contributed by atoms with Crippen LogP contribution in [0.2, 0.25) is 0 Å². The third kappa shape index (κ3) is 0.884. The molecule has 2 nitrogen and oxygen atoms in total. The molecule has 0 aromatic heterocycles. The van der Waals surface area contributed by atoms with Gasteiger partial charge < -0.3 is 0 Å². The molecule has 2 atom stereocenters. The minimum atomic E-state index is 0.606. The zero-order valence-electron chi connectivity index (χ0n) is 5.22. The molecule has 48 valence electrons. The van der Waals surface area contributed by atoms with Crippen LogP contribution in [0.1, 0.15) is 12.8 Å². The van der Waals surface area contributed by atoms with Gasteiger partial charge in [-0.25, -0.2) is 0 Å². The van der Waals surface area contributed by atoms with Crippen molar-refractivity contribution in [3.8, 4) is 0 Å². The second-order valence-electron chi connectivity index (χ2n) is 2.57. The minimum absolute atomic E-state index is 0.606. The zero-order valence-corrected chi connectivity index (χ0v) is 5.22. The van der Waals surface area contributed by atoms with Crippen LogP contribution in [0.25, 0.3) is 0 Å². The van der Waals surface area contributed by atoms with E-state index < -0.39 is 0 Å². The van der Waals surface area contributed by atoms with Gasteiger partial charge in [0.15, 0.2) is 0 Å². The topological polar surface area (TPSA) is 24.1 Å². The quantitative estimate of drug-likeness (QED) is 0.450. The maximum atomic E-state index is 3.15. The Labute approximate surface area is 55.3 Å². The largest absolute Gasteiger partial charge is 0.289 e. The molecule has 1 aliphatic carbocycles. The molecule has 2 unspecified atom stereocenters. The Morgan fingerprint density at radius 3 is 2.22 bits per heavy atom. The summed E-state index contributed by atoms with van der Waals surface area (Å²) >= 11 is 0. The van der Waals surface area contributed by atoms with Crippen LogP contribution in [0, 0.1) is 6.67 Å². The van der Waals surface area contributed by atoms with Crippen LogP contribution in [-0.4, -0.2) is 12.1 Å². The molecule has 2 aliphatic rings. The Morgan fingerprint density at radius 2 is 1.67 bits per heavy atom. The summed E-state index contributed by atoms with van der Waals surface area (Å²) in [4.78, 5) is 0. The number of hydrogen-bond acceptors (Lipinski definition) is 2. The standard InChI is InChI=1S/C7H10N2/c1-2-4-7-6(3-1)8-5-9-7/h1-2,6-9H,3-4H2. The first-order valence-corrected chi connectivity index (χ1v) is 3.38. The Balaban J connectivity index is 2.07. The van der Waals surface area contributed by atoms with Gasteiger partial charge in [-0.2, -0.15) is 0 Å². The molecule has 0 saturated carbocycles. The van der Waals surface area contributed by atoms with Crippen molar-refractivity contribution in [2.75, 3.05) is 0 Å². The summed E-state index contributed by atoms with van der Waals surface area (Å²) in [6.45, 7) is 2.92. The summed E-state index contributed by atoms with van der Waals surface area (Å²) in [6, 6.07) is 1.21. The second kappa shape index (κ2) is 2.12. The third-order valence-electron chi connectivity index (χ3n) is 1.95. The van der Waals surface area contributed by atoms with Crippen LogP contribution in [0.4, 0.5) is 0 Å². The van der Waals surface area contributed by atoms with E-state index in [1.165, 1.54) is 0 Å². The van der Waals surface area contributed by atoms with Crippen molar-refractivity contribution in [2.24, 2.45) is 0 Å². The van der Waals surface area contributed by atoms with Gasteiger partial charge in [-0.3, -0.25) is 10.6 Å². The molecule has 1 heterocycles. The van der Waals surface area contributed by atoms with Crippen molar-refractivity contribution in [3.05, 3.63) is 18.8 Å². The molecule has 2 N–H and O–H groups in total. The van der Waals surface area contributed by atoms with Crippen LogP contribution < -0.4 is 10.6 Å². The summed E-state index contributed by atoms with van der Waals surface area (Å²) in [5.41, 5.74) is 0. The molecule has 0 aromatic carbocycles. The number of rotatable bonds is 0. The van der Waals surface area contributed by atoms with Crippen LogP contribution in [0.5, 0.6) is 0 Å². The van der Waals surface area contributed by atoms with Crippen LogP contribution in [-0.2, 0) is 0 Å². The van der Waals surface area contributed by atoms with Gasteiger partial charge in [0, 0.05) is 12.1 Å². The summed E-state index contributed by atoms with van der Waals surface area (Å²) in [5, 5.41) is 6.29. The fourth-order valence-corrected chi connectivity index (χ4v) is 1.36. The summed E-state index contributed by atoms with van der Waals surface area (Å²) in [5.74, 6) is 0. The van der Waals surface area contributed by atoms with E-state index >= 15 is 0 Å². The Hall–Kier alpha value is -0.340. The molecule has 2 rings (SSSR count). The minimum Gasteiger partial charge on any atom is -0.289 e. The van der Waals surface area contributed by atoms with Gasteiger partial charge in [0.25, 0.3) is 0 Å². The van der Waals surface area contributed by atoms with Gasteiger partial charge in [0.2, 0.25) is 0 Å². The first-order valence-electron chi connectivity index (χ1n) is 3.38. The maximum Gasteiger partial charge on any atom is 0.141 e. The lowest BCUT2D eigenvalue weighted by Gasteiger charge is -2.19. The molecule has 1 saturated heterocycles. The van der Waals surface area contributed by atoms with E-state index in [0.717, 1.165) is 12.8 Å². The third-order valence-corrected chi connectivity index (χ3v) is 1.95. The molecular formula is C7H10N2. The predicted molar refractivity (Wildman–Crippen MR) is 35.5 cm³/mol. The van der Waals surface area contributed by atoms with E-state index in [2.05, 4.69) is 29.5 Å². The van der Waals surface area contributed by atoms with Crippen LogP contribution in [0.15, 0.2) is 12.2 Å². The number of hydrogen-bond donors (Lipinski definition) is 2. The molecule has 0 aromatic rings. The lowest BCUT2D eigenvalue weighted by atomic mass is 9.98. The highest BCUT2D eigenvalue weighted by atomic mass is 15.2. The molecule has 0 spiro atoms. The number of fused-ring (bicyclic) bond motifs is 1. The van der Waals surface area contributed by atoms with Crippen molar-refractivity contribution < 1.29 is 0 Å². The highest BCUT2D eigenvalue weighted by Crippen LogP contribution is 2.15. The Bertz CT molecular complexity index is 117. The van der Waals surface area contributed by atoms with E-state index in [1.54, 1.807) is 0 Å². The maximum absolute atomic E-state index is 3.15. The zero-order chi connectivity index (χ0) is 6.10. The van der Waals surface area contributed by atoms with Gasteiger partial charge in [-0.15, -0.1) is 0 Å². The van der Waals surface area contributed by atoms with E-state index in [9.17, 15) is 0 Å². The first-order chi connectivity index (χ1) is 4.47. The van der Waals surface area contributed by atoms with Crippen LogP contribution in [0.3, 0.4) is 0 Å². The lowest BCUT2D eigenvalue weighted by Crippen LogP contribution is -2.34. The smallest absolute Gasteiger partial charge is 0.141 e. The highest BCUT2D eigenvalue weighted by Gasteiger charge is 2.26. The van der Waals surface area contributed by atoms with Crippen molar-refractivity contribution in [2.45, 2.75) is 24.9 Å². The van der Waals surface area contributed by atoms with Gasteiger partial charge in [0.05, 0.1) is 0 Å². The molecule has 0 bridgehead atoms. The van der Waals surface area contributed by atoms with Crippen molar-refractivity contribution in [1.82, 2.24) is 10.6 Å². The lowest BCUT2D eigenvalue weighted by molar-refractivity contribution is 0.499. The Morgan fingerprint density at radius 1 is 1.11 bits per heavy atom. The van der Waals surface area contributed by atoms with Gasteiger partial charge in [-0.05, 0) is 12.8 Å². The van der Waals surface area contributed by atoms with Gasteiger partial charge in [0.1, 0.15) is 6.67 Å².